The molecule has 1 atom stereocenters. The Bertz CT molecular complexity index is 696. The van der Waals surface area contributed by atoms with Gasteiger partial charge >= 0.3 is 0 Å². The fourth-order valence-electron chi connectivity index (χ4n) is 3.48. The lowest BCUT2D eigenvalue weighted by atomic mass is 9.91. The molecular weight excluding hydrogens is 319 g/mol. The zero-order valence-electron chi connectivity index (χ0n) is 14.6. The van der Waals surface area contributed by atoms with E-state index in [1.165, 1.54) is 30.5 Å². The maximum Gasteiger partial charge on any atom is 0.286 e. The van der Waals surface area contributed by atoms with Crippen LogP contribution in [0.4, 0.5) is 4.39 Å². The summed E-state index contributed by atoms with van der Waals surface area (Å²) < 4.78 is 18.6. The summed E-state index contributed by atoms with van der Waals surface area (Å²) in [6.07, 6.45) is 4.51. The first-order chi connectivity index (χ1) is 12.1. The lowest BCUT2D eigenvalue weighted by Gasteiger charge is -2.32. The molecule has 2 heterocycles. The minimum Gasteiger partial charge on any atom is -0.455 e. The lowest BCUT2D eigenvalue weighted by molar-refractivity contribution is 0.0929. The van der Waals surface area contributed by atoms with E-state index in [9.17, 15) is 9.18 Å². The molecule has 0 bridgehead atoms. The molecule has 1 amide bonds. The van der Waals surface area contributed by atoms with Gasteiger partial charge in [-0.3, -0.25) is 9.69 Å². The van der Waals surface area contributed by atoms with Crippen LogP contribution in [0, 0.1) is 11.7 Å². The molecule has 0 aliphatic carbocycles. The summed E-state index contributed by atoms with van der Waals surface area (Å²) in [6, 6.07) is 10.4. The summed E-state index contributed by atoms with van der Waals surface area (Å²) in [5.41, 5.74) is 1.19. The topological polar surface area (TPSA) is 45.5 Å². The Balaban J connectivity index is 1.50. The zero-order chi connectivity index (χ0) is 17.6. The number of likely N-dealkylation sites (tertiary alicyclic amines) is 1. The van der Waals surface area contributed by atoms with E-state index in [1.807, 2.05) is 18.2 Å². The van der Waals surface area contributed by atoms with E-state index in [-0.39, 0.29) is 11.7 Å². The second-order valence-electron chi connectivity index (χ2n) is 6.75. The number of furan rings is 1. The van der Waals surface area contributed by atoms with Gasteiger partial charge in [-0.15, -0.1) is 0 Å². The fourth-order valence-corrected chi connectivity index (χ4v) is 3.48. The molecule has 25 heavy (non-hydrogen) atoms. The van der Waals surface area contributed by atoms with Gasteiger partial charge in [0, 0.05) is 13.6 Å². The first-order valence-electron chi connectivity index (χ1n) is 8.91. The highest BCUT2D eigenvalue weighted by molar-refractivity contribution is 5.91. The number of piperidine rings is 1. The van der Waals surface area contributed by atoms with Gasteiger partial charge < -0.3 is 9.73 Å². The van der Waals surface area contributed by atoms with Gasteiger partial charge in [0.05, 0.1) is 6.54 Å². The van der Waals surface area contributed by atoms with Gasteiger partial charge in [0.1, 0.15) is 11.6 Å². The average Bonchev–Trinajstić information content (AvgIpc) is 3.09. The number of aryl methyl sites for hydroxylation is 1. The molecule has 1 N–H and O–H groups in total. The molecular formula is C20H25FN2O2. The van der Waals surface area contributed by atoms with Gasteiger partial charge in [0.2, 0.25) is 0 Å². The van der Waals surface area contributed by atoms with Crippen molar-refractivity contribution in [2.45, 2.75) is 32.2 Å². The van der Waals surface area contributed by atoms with Crippen molar-refractivity contribution in [3.05, 3.63) is 59.3 Å². The van der Waals surface area contributed by atoms with Crippen LogP contribution in [0.1, 0.15) is 41.1 Å². The number of rotatable bonds is 6. The first-order valence-corrected chi connectivity index (χ1v) is 8.91. The fraction of sp³-hybridized carbons (Fsp3) is 0.450. The van der Waals surface area contributed by atoms with E-state index < -0.39 is 0 Å². The minimum atomic E-state index is -0.193. The van der Waals surface area contributed by atoms with E-state index in [0.717, 1.165) is 38.2 Å². The number of nitrogens with one attached hydrogen (secondary N) is 1. The predicted molar refractivity (Wildman–Crippen MR) is 94.8 cm³/mol. The Kier molecular flexibility index (Phi) is 5.87. The molecule has 1 aliphatic rings. The van der Waals surface area contributed by atoms with Crippen molar-refractivity contribution >= 4 is 5.91 Å². The quantitative estimate of drug-likeness (QED) is 0.870. The van der Waals surface area contributed by atoms with Crippen LogP contribution in [-0.2, 0) is 13.0 Å². The van der Waals surface area contributed by atoms with E-state index in [2.05, 4.69) is 10.2 Å². The molecule has 1 aliphatic heterocycles. The Labute approximate surface area is 148 Å². The molecule has 0 unspecified atom stereocenters. The monoisotopic (exact) mass is 344 g/mol. The van der Waals surface area contributed by atoms with Crippen molar-refractivity contribution in [3.63, 3.8) is 0 Å². The number of nitrogens with zero attached hydrogens (tertiary/aromatic N) is 1. The number of carbonyl (C=O) groups excluding carboxylic acids is 1. The van der Waals surface area contributed by atoms with E-state index in [0.29, 0.717) is 11.7 Å². The standard InChI is InChI=1S/C20H25FN2O2/c1-22-20(24)19-11-10-18(25-19)14-23-12-2-3-16(13-23)5-4-15-6-8-17(21)9-7-15/h6-11,16H,2-5,12-14H2,1H3,(H,22,24)/t16-/m1/s1. The van der Waals surface area contributed by atoms with Crippen LogP contribution in [0.15, 0.2) is 40.8 Å². The molecule has 1 fully saturated rings. The molecule has 1 saturated heterocycles. The molecule has 0 saturated carbocycles. The van der Waals surface area contributed by atoms with Gasteiger partial charge in [-0.25, -0.2) is 4.39 Å². The summed E-state index contributed by atoms with van der Waals surface area (Å²) >= 11 is 0. The van der Waals surface area contributed by atoms with E-state index in [1.54, 1.807) is 13.1 Å². The largest absolute Gasteiger partial charge is 0.455 e. The molecule has 0 spiro atoms. The van der Waals surface area contributed by atoms with Crippen molar-refractivity contribution in [2.75, 3.05) is 20.1 Å². The molecule has 134 valence electrons. The second-order valence-corrected chi connectivity index (χ2v) is 6.75. The van der Waals surface area contributed by atoms with Crippen molar-refractivity contribution in [1.29, 1.82) is 0 Å². The summed E-state index contributed by atoms with van der Waals surface area (Å²) in [7, 11) is 1.60. The Morgan fingerprint density at radius 2 is 2.08 bits per heavy atom. The smallest absolute Gasteiger partial charge is 0.286 e. The highest BCUT2D eigenvalue weighted by Gasteiger charge is 2.21. The molecule has 1 aromatic heterocycles. The molecule has 2 aromatic rings. The number of hydrogen-bond acceptors (Lipinski definition) is 3. The number of hydrogen-bond donors (Lipinski definition) is 1. The predicted octanol–water partition coefficient (Wildman–Crippen LogP) is 3.62. The van der Waals surface area contributed by atoms with Crippen molar-refractivity contribution in [1.82, 2.24) is 10.2 Å². The summed E-state index contributed by atoms with van der Waals surface area (Å²) in [6.45, 7) is 2.84. The highest BCUT2D eigenvalue weighted by Crippen LogP contribution is 2.23. The normalized spacial score (nSPS) is 18.2. The van der Waals surface area contributed by atoms with Crippen LogP contribution in [0.25, 0.3) is 0 Å². The van der Waals surface area contributed by atoms with Gasteiger partial charge in [-0.2, -0.15) is 0 Å². The Hall–Kier alpha value is -2.14. The second kappa shape index (κ2) is 8.30. The van der Waals surface area contributed by atoms with Gasteiger partial charge in [-0.1, -0.05) is 12.1 Å². The molecule has 3 rings (SSSR count). The van der Waals surface area contributed by atoms with Gasteiger partial charge in [0.15, 0.2) is 5.76 Å². The number of halogens is 1. The number of amides is 1. The van der Waals surface area contributed by atoms with Gasteiger partial charge in [0.25, 0.3) is 5.91 Å². The van der Waals surface area contributed by atoms with Crippen molar-refractivity contribution in [3.8, 4) is 0 Å². The maximum atomic E-state index is 13.0. The zero-order valence-corrected chi connectivity index (χ0v) is 14.6. The SMILES string of the molecule is CNC(=O)c1ccc(CN2CCC[C@H](CCc3ccc(F)cc3)C2)o1. The molecule has 1 aromatic carbocycles. The van der Waals surface area contributed by atoms with E-state index >= 15 is 0 Å². The highest BCUT2D eigenvalue weighted by atomic mass is 19.1. The third-order valence-electron chi connectivity index (χ3n) is 4.85. The van der Waals surface area contributed by atoms with Crippen LogP contribution in [0.2, 0.25) is 0 Å². The van der Waals surface area contributed by atoms with Crippen molar-refractivity contribution in [2.24, 2.45) is 5.92 Å². The Morgan fingerprint density at radius 3 is 2.84 bits per heavy atom. The summed E-state index contributed by atoms with van der Waals surface area (Å²) in [5, 5.41) is 2.57. The molecule has 4 nitrogen and oxygen atoms in total. The summed E-state index contributed by atoms with van der Waals surface area (Å²) in [4.78, 5) is 14.0. The lowest BCUT2D eigenvalue weighted by Crippen LogP contribution is -2.35. The van der Waals surface area contributed by atoms with Crippen LogP contribution >= 0.6 is 0 Å². The minimum absolute atomic E-state index is 0.179. The van der Waals surface area contributed by atoms with Crippen LogP contribution in [0.3, 0.4) is 0 Å². The van der Waals surface area contributed by atoms with Crippen LogP contribution < -0.4 is 5.32 Å². The third-order valence-corrected chi connectivity index (χ3v) is 4.85. The third kappa shape index (κ3) is 4.92. The first kappa shape index (κ1) is 17.7. The number of benzene rings is 1. The van der Waals surface area contributed by atoms with E-state index in [4.69, 9.17) is 4.42 Å². The number of carbonyl (C=O) groups is 1. The van der Waals surface area contributed by atoms with Crippen LogP contribution in [-0.4, -0.2) is 30.9 Å². The van der Waals surface area contributed by atoms with Crippen LogP contribution in [0.5, 0.6) is 0 Å². The maximum absolute atomic E-state index is 13.0. The molecule has 0 radical (unpaired) electrons. The Morgan fingerprint density at radius 1 is 1.28 bits per heavy atom. The van der Waals surface area contributed by atoms with Crippen molar-refractivity contribution < 1.29 is 13.6 Å². The molecule has 5 heteroatoms. The summed E-state index contributed by atoms with van der Waals surface area (Å²) in [5.74, 6) is 1.47. The average molecular weight is 344 g/mol. The van der Waals surface area contributed by atoms with Gasteiger partial charge in [-0.05, 0) is 68.0 Å².